The van der Waals surface area contributed by atoms with Gasteiger partial charge in [0, 0.05) is 0 Å². The molecule has 8 heteroatoms. The van der Waals surface area contributed by atoms with E-state index in [0.29, 0.717) is 0 Å². The predicted molar refractivity (Wildman–Crippen MR) is 63.4 cm³/mol. The molecule has 0 aliphatic heterocycles. The van der Waals surface area contributed by atoms with Gasteiger partial charge in [-0.1, -0.05) is 0 Å². The number of nitrogens with one attached hydrogen (secondary N) is 1. The fraction of sp³-hybridized carbons (Fsp3) is 0.333. The van der Waals surface area contributed by atoms with E-state index in [0.717, 1.165) is 18.2 Å². The Morgan fingerprint density at radius 2 is 2.05 bits per heavy atom. The van der Waals surface area contributed by atoms with E-state index in [2.05, 4.69) is 10.1 Å². The van der Waals surface area contributed by atoms with Gasteiger partial charge in [0.1, 0.15) is 12.4 Å². The second-order valence-corrected chi connectivity index (χ2v) is 3.76. The van der Waals surface area contributed by atoms with Gasteiger partial charge in [0.15, 0.2) is 0 Å². The number of hydrogen-bond donors (Lipinski definition) is 2. The molecule has 0 saturated carbocycles. The van der Waals surface area contributed by atoms with Gasteiger partial charge in [0.05, 0.1) is 24.3 Å². The minimum absolute atomic E-state index is 0.186. The molecule has 0 heterocycles. The van der Waals surface area contributed by atoms with Crippen molar-refractivity contribution in [1.29, 1.82) is 0 Å². The minimum Gasteiger partial charge on any atom is -0.478 e. The third-order valence-corrected chi connectivity index (χ3v) is 2.21. The number of carbonyl (C=O) groups excluding carboxylic acids is 1. The molecule has 1 aromatic rings. The normalized spacial score (nSPS) is 10.6. The largest absolute Gasteiger partial charge is 0.478 e. The number of carbonyl (C=O) groups is 2. The van der Waals surface area contributed by atoms with Gasteiger partial charge in [-0.15, -0.1) is 0 Å². The van der Waals surface area contributed by atoms with Crippen LogP contribution in [0.2, 0.25) is 0 Å². The van der Waals surface area contributed by atoms with Crippen molar-refractivity contribution in [1.82, 2.24) is 0 Å². The minimum atomic E-state index is -2.61. The van der Waals surface area contributed by atoms with E-state index in [1.165, 1.54) is 0 Å². The SMILES string of the molecule is O=C(CCOCC(F)F)Nc1ccc(C(=O)O)cc1F. The third-order valence-electron chi connectivity index (χ3n) is 2.21. The van der Waals surface area contributed by atoms with Crippen molar-refractivity contribution >= 4 is 17.6 Å². The monoisotopic (exact) mass is 291 g/mol. The molecule has 0 bridgehead atoms. The number of amides is 1. The Kier molecular flexibility index (Phi) is 5.98. The molecule has 0 spiro atoms. The average Bonchev–Trinajstić information content (AvgIpc) is 2.36. The van der Waals surface area contributed by atoms with E-state index in [1.54, 1.807) is 0 Å². The second kappa shape index (κ2) is 7.49. The van der Waals surface area contributed by atoms with Crippen LogP contribution in [0.3, 0.4) is 0 Å². The molecular formula is C12H12F3NO4. The molecule has 0 atom stereocenters. The van der Waals surface area contributed by atoms with Crippen molar-refractivity contribution in [2.75, 3.05) is 18.5 Å². The van der Waals surface area contributed by atoms with E-state index in [9.17, 15) is 22.8 Å². The molecule has 0 unspecified atom stereocenters. The molecule has 1 aromatic carbocycles. The Hall–Kier alpha value is -2.09. The molecule has 0 aliphatic rings. The Labute approximate surface area is 112 Å². The van der Waals surface area contributed by atoms with Crippen LogP contribution in [-0.4, -0.2) is 36.6 Å². The zero-order valence-electron chi connectivity index (χ0n) is 10.2. The average molecular weight is 291 g/mol. The van der Waals surface area contributed by atoms with Crippen LogP contribution in [0.15, 0.2) is 18.2 Å². The summed E-state index contributed by atoms with van der Waals surface area (Å²) in [5.41, 5.74) is -0.436. The van der Waals surface area contributed by atoms with Gasteiger partial charge < -0.3 is 15.2 Å². The number of carboxylic acids is 1. The Bertz CT molecular complexity index is 494. The Morgan fingerprint density at radius 3 is 2.60 bits per heavy atom. The summed E-state index contributed by atoms with van der Waals surface area (Å²) in [5.74, 6) is -2.81. The number of alkyl halides is 2. The van der Waals surface area contributed by atoms with Crippen molar-refractivity contribution in [2.45, 2.75) is 12.8 Å². The number of rotatable bonds is 7. The summed E-state index contributed by atoms with van der Waals surface area (Å²) in [7, 11) is 0. The highest BCUT2D eigenvalue weighted by atomic mass is 19.3. The number of hydrogen-bond acceptors (Lipinski definition) is 3. The van der Waals surface area contributed by atoms with Gasteiger partial charge in [0.25, 0.3) is 6.43 Å². The number of benzene rings is 1. The summed E-state index contributed by atoms with van der Waals surface area (Å²) in [4.78, 5) is 22.0. The number of aromatic carboxylic acids is 1. The molecule has 0 aliphatic carbocycles. The van der Waals surface area contributed by atoms with Crippen LogP contribution in [0.5, 0.6) is 0 Å². The van der Waals surface area contributed by atoms with Crippen LogP contribution in [0.25, 0.3) is 0 Å². The predicted octanol–water partition coefficient (Wildman–Crippen LogP) is 2.13. The fourth-order valence-corrected chi connectivity index (χ4v) is 1.30. The van der Waals surface area contributed by atoms with Gasteiger partial charge in [-0.3, -0.25) is 4.79 Å². The molecule has 1 amide bonds. The summed E-state index contributed by atoms with van der Waals surface area (Å²) < 4.78 is 41.4. The van der Waals surface area contributed by atoms with Gasteiger partial charge in [-0.2, -0.15) is 0 Å². The fourth-order valence-electron chi connectivity index (χ4n) is 1.30. The van der Waals surface area contributed by atoms with Crippen molar-refractivity contribution in [3.05, 3.63) is 29.6 Å². The first kappa shape index (κ1) is 16.0. The topological polar surface area (TPSA) is 75.6 Å². The first-order chi connectivity index (χ1) is 9.40. The second-order valence-electron chi connectivity index (χ2n) is 3.76. The van der Waals surface area contributed by atoms with E-state index in [4.69, 9.17) is 5.11 Å². The van der Waals surface area contributed by atoms with Crippen molar-refractivity contribution in [3.8, 4) is 0 Å². The lowest BCUT2D eigenvalue weighted by molar-refractivity contribution is -0.117. The quantitative estimate of drug-likeness (QED) is 0.755. The molecule has 5 nitrogen and oxygen atoms in total. The standard InChI is InChI=1S/C12H12F3NO4/c13-8-5-7(12(18)19)1-2-9(8)16-11(17)3-4-20-6-10(14)15/h1-2,5,10H,3-4,6H2,(H,16,17)(H,18,19). The number of carboxylic acid groups (broad SMARTS) is 1. The van der Waals surface area contributed by atoms with E-state index in [-0.39, 0.29) is 24.3 Å². The molecule has 0 radical (unpaired) electrons. The summed E-state index contributed by atoms with van der Waals surface area (Å²) in [6.45, 7) is -0.986. The molecule has 0 saturated heterocycles. The molecule has 1 rings (SSSR count). The van der Waals surface area contributed by atoms with Crippen molar-refractivity contribution < 1.29 is 32.6 Å². The Morgan fingerprint density at radius 1 is 1.35 bits per heavy atom. The third kappa shape index (κ3) is 5.27. The zero-order chi connectivity index (χ0) is 15.1. The van der Waals surface area contributed by atoms with Crippen LogP contribution in [0.1, 0.15) is 16.8 Å². The van der Waals surface area contributed by atoms with Gasteiger partial charge in [0.2, 0.25) is 5.91 Å². The summed E-state index contributed by atoms with van der Waals surface area (Å²) in [6, 6.07) is 3.01. The van der Waals surface area contributed by atoms with Crippen LogP contribution in [-0.2, 0) is 9.53 Å². The highest BCUT2D eigenvalue weighted by molar-refractivity contribution is 5.92. The lowest BCUT2D eigenvalue weighted by atomic mass is 10.2. The van der Waals surface area contributed by atoms with Crippen LogP contribution in [0.4, 0.5) is 18.9 Å². The summed E-state index contributed by atoms with van der Waals surface area (Å²) in [5, 5.41) is 10.8. The molecule has 20 heavy (non-hydrogen) atoms. The van der Waals surface area contributed by atoms with Crippen LogP contribution < -0.4 is 5.32 Å². The van der Waals surface area contributed by atoms with E-state index < -0.39 is 30.7 Å². The highest BCUT2D eigenvalue weighted by Gasteiger charge is 2.11. The van der Waals surface area contributed by atoms with E-state index in [1.807, 2.05) is 0 Å². The lowest BCUT2D eigenvalue weighted by Gasteiger charge is -2.07. The first-order valence-electron chi connectivity index (χ1n) is 5.58. The first-order valence-corrected chi connectivity index (χ1v) is 5.58. The van der Waals surface area contributed by atoms with Gasteiger partial charge >= 0.3 is 5.97 Å². The van der Waals surface area contributed by atoms with Crippen molar-refractivity contribution in [3.63, 3.8) is 0 Å². The van der Waals surface area contributed by atoms with Crippen LogP contribution >= 0.6 is 0 Å². The maximum Gasteiger partial charge on any atom is 0.335 e. The zero-order valence-corrected chi connectivity index (χ0v) is 10.2. The van der Waals surface area contributed by atoms with Gasteiger partial charge in [-0.05, 0) is 18.2 Å². The van der Waals surface area contributed by atoms with E-state index >= 15 is 0 Å². The number of anilines is 1. The molecule has 110 valence electrons. The molecule has 2 N–H and O–H groups in total. The molecular weight excluding hydrogens is 279 g/mol. The number of ether oxygens (including phenoxy) is 1. The smallest absolute Gasteiger partial charge is 0.335 e. The van der Waals surface area contributed by atoms with Crippen LogP contribution in [0, 0.1) is 5.82 Å². The number of halogens is 3. The van der Waals surface area contributed by atoms with Gasteiger partial charge in [-0.25, -0.2) is 18.0 Å². The maximum absolute atomic E-state index is 13.5. The molecule has 0 aromatic heterocycles. The lowest BCUT2D eigenvalue weighted by Crippen LogP contribution is -2.16. The maximum atomic E-state index is 13.5. The highest BCUT2D eigenvalue weighted by Crippen LogP contribution is 2.16. The summed E-state index contributed by atoms with van der Waals surface area (Å²) >= 11 is 0. The summed E-state index contributed by atoms with van der Waals surface area (Å²) in [6.07, 6.45) is -2.83. The Balaban J connectivity index is 2.48. The molecule has 0 fully saturated rings. The van der Waals surface area contributed by atoms with Crippen molar-refractivity contribution in [2.24, 2.45) is 0 Å².